The molecule has 0 spiro atoms. The van der Waals surface area contributed by atoms with Gasteiger partial charge in [-0.2, -0.15) is 4.98 Å². The zero-order valence-electron chi connectivity index (χ0n) is 10.0. The summed E-state index contributed by atoms with van der Waals surface area (Å²) in [7, 11) is 0. The molecule has 0 unspecified atom stereocenters. The first kappa shape index (κ1) is 11.1. The first-order valence-corrected chi connectivity index (χ1v) is 5.46. The van der Waals surface area contributed by atoms with E-state index in [1.54, 1.807) is 0 Å². The summed E-state index contributed by atoms with van der Waals surface area (Å²) in [6, 6.07) is 1.96. The highest BCUT2D eigenvalue weighted by Gasteiger charge is 2.28. The normalized spacial score (nSPS) is 19.8. The van der Waals surface area contributed by atoms with Crippen molar-refractivity contribution in [3.8, 4) is 0 Å². The minimum atomic E-state index is -0.133. The van der Waals surface area contributed by atoms with Crippen molar-refractivity contribution in [1.29, 1.82) is 0 Å². The number of ether oxygens (including phenoxy) is 1. The lowest BCUT2D eigenvalue weighted by Crippen LogP contribution is -2.48. The summed E-state index contributed by atoms with van der Waals surface area (Å²) in [4.78, 5) is 10.5. The number of aryl methyl sites for hydroxylation is 1. The molecule has 2 rings (SSSR count). The summed E-state index contributed by atoms with van der Waals surface area (Å²) < 4.78 is 5.66. The predicted molar refractivity (Wildman–Crippen MR) is 63.4 cm³/mol. The van der Waals surface area contributed by atoms with Crippen molar-refractivity contribution >= 4 is 11.8 Å². The molecule has 16 heavy (non-hydrogen) atoms. The van der Waals surface area contributed by atoms with E-state index in [2.05, 4.69) is 28.7 Å². The molecule has 1 aromatic heterocycles. The Morgan fingerprint density at radius 1 is 1.44 bits per heavy atom. The van der Waals surface area contributed by atoms with Gasteiger partial charge in [0.2, 0.25) is 5.95 Å². The average molecular weight is 222 g/mol. The number of nitrogens with zero attached hydrogens (tertiary/aromatic N) is 3. The number of anilines is 2. The van der Waals surface area contributed by atoms with E-state index in [1.165, 1.54) is 0 Å². The van der Waals surface area contributed by atoms with E-state index in [0.717, 1.165) is 31.2 Å². The van der Waals surface area contributed by atoms with E-state index in [9.17, 15) is 0 Å². The van der Waals surface area contributed by atoms with E-state index < -0.39 is 0 Å². The number of hydrogen-bond donors (Lipinski definition) is 1. The molecule has 2 heterocycles. The summed E-state index contributed by atoms with van der Waals surface area (Å²) in [6.07, 6.45) is 0. The molecule has 1 aromatic rings. The highest BCUT2D eigenvalue weighted by atomic mass is 16.5. The highest BCUT2D eigenvalue weighted by molar-refractivity contribution is 5.44. The van der Waals surface area contributed by atoms with Gasteiger partial charge >= 0.3 is 0 Å². The second-order valence-electron chi connectivity index (χ2n) is 4.76. The maximum atomic E-state index is 5.66. The lowest BCUT2D eigenvalue weighted by Gasteiger charge is -2.38. The zero-order valence-corrected chi connectivity index (χ0v) is 10.0. The smallest absolute Gasteiger partial charge is 0.222 e. The molecule has 1 aliphatic heterocycles. The Morgan fingerprint density at radius 2 is 2.19 bits per heavy atom. The molecule has 0 aromatic carbocycles. The van der Waals surface area contributed by atoms with Gasteiger partial charge in [0.1, 0.15) is 5.82 Å². The Morgan fingerprint density at radius 3 is 2.81 bits per heavy atom. The lowest BCUT2D eigenvalue weighted by molar-refractivity contribution is -0.0279. The highest BCUT2D eigenvalue weighted by Crippen LogP contribution is 2.22. The maximum Gasteiger partial charge on any atom is 0.222 e. The molecular formula is C11H18N4O. The number of morpholine rings is 1. The molecule has 0 atom stereocenters. The third-order valence-electron chi connectivity index (χ3n) is 2.61. The van der Waals surface area contributed by atoms with Gasteiger partial charge in [-0.15, -0.1) is 0 Å². The van der Waals surface area contributed by atoms with Gasteiger partial charge < -0.3 is 15.4 Å². The Bertz CT molecular complexity index is 371. The van der Waals surface area contributed by atoms with Crippen molar-refractivity contribution in [2.45, 2.75) is 26.4 Å². The first-order chi connectivity index (χ1) is 7.46. The standard InChI is InChI=1S/C11H18N4O/c1-8-6-9(14-10(12)13-8)15-4-5-16-11(2,3)7-15/h6H,4-5,7H2,1-3H3,(H2,12,13,14). The summed E-state index contributed by atoms with van der Waals surface area (Å²) >= 11 is 0. The third kappa shape index (κ3) is 2.41. The zero-order chi connectivity index (χ0) is 11.8. The molecule has 88 valence electrons. The molecular weight excluding hydrogens is 204 g/mol. The van der Waals surface area contributed by atoms with Gasteiger partial charge in [-0.1, -0.05) is 0 Å². The number of hydrogen-bond acceptors (Lipinski definition) is 5. The molecule has 0 saturated carbocycles. The van der Waals surface area contributed by atoms with Crippen LogP contribution < -0.4 is 10.6 Å². The van der Waals surface area contributed by atoms with Crippen molar-refractivity contribution in [3.63, 3.8) is 0 Å². The van der Waals surface area contributed by atoms with Crippen LogP contribution in [0.4, 0.5) is 11.8 Å². The summed E-state index contributed by atoms with van der Waals surface area (Å²) in [5, 5.41) is 0. The molecule has 0 amide bonds. The monoisotopic (exact) mass is 222 g/mol. The Hall–Kier alpha value is -1.36. The first-order valence-electron chi connectivity index (χ1n) is 5.46. The number of aromatic nitrogens is 2. The second-order valence-corrected chi connectivity index (χ2v) is 4.76. The molecule has 1 fully saturated rings. The fourth-order valence-electron chi connectivity index (χ4n) is 1.95. The van der Waals surface area contributed by atoms with Crippen LogP contribution in [-0.2, 0) is 4.74 Å². The molecule has 5 nitrogen and oxygen atoms in total. The number of nitrogen functional groups attached to an aromatic ring is 1. The molecule has 2 N–H and O–H groups in total. The van der Waals surface area contributed by atoms with Crippen molar-refractivity contribution in [2.75, 3.05) is 30.3 Å². The third-order valence-corrected chi connectivity index (χ3v) is 2.61. The Labute approximate surface area is 95.6 Å². The Balaban J connectivity index is 2.23. The van der Waals surface area contributed by atoms with Crippen LogP contribution in [0, 0.1) is 6.92 Å². The quantitative estimate of drug-likeness (QED) is 0.767. The van der Waals surface area contributed by atoms with E-state index in [4.69, 9.17) is 10.5 Å². The van der Waals surface area contributed by atoms with Crippen LogP contribution in [0.1, 0.15) is 19.5 Å². The van der Waals surface area contributed by atoms with Gasteiger partial charge in [0.15, 0.2) is 0 Å². The molecule has 0 radical (unpaired) electrons. The van der Waals surface area contributed by atoms with Crippen molar-refractivity contribution in [2.24, 2.45) is 0 Å². The number of rotatable bonds is 1. The van der Waals surface area contributed by atoms with E-state index in [1.807, 2.05) is 13.0 Å². The topological polar surface area (TPSA) is 64.3 Å². The van der Waals surface area contributed by atoms with Gasteiger partial charge in [0, 0.05) is 24.8 Å². The minimum Gasteiger partial charge on any atom is -0.372 e. The molecule has 1 saturated heterocycles. The Kier molecular flexibility index (Phi) is 2.71. The SMILES string of the molecule is Cc1cc(N2CCOC(C)(C)C2)nc(N)n1. The molecule has 0 aliphatic carbocycles. The molecule has 1 aliphatic rings. The maximum absolute atomic E-state index is 5.66. The summed E-state index contributed by atoms with van der Waals surface area (Å²) in [6.45, 7) is 8.47. The van der Waals surface area contributed by atoms with Crippen LogP contribution >= 0.6 is 0 Å². The summed E-state index contributed by atoms with van der Waals surface area (Å²) in [5.74, 6) is 1.22. The van der Waals surface area contributed by atoms with Gasteiger partial charge in [0.25, 0.3) is 0 Å². The van der Waals surface area contributed by atoms with E-state index in [0.29, 0.717) is 5.95 Å². The van der Waals surface area contributed by atoms with Gasteiger partial charge in [0.05, 0.1) is 12.2 Å². The molecule has 0 bridgehead atoms. The van der Waals surface area contributed by atoms with Crippen LogP contribution in [0.5, 0.6) is 0 Å². The summed E-state index contributed by atoms with van der Waals surface area (Å²) in [5.41, 5.74) is 6.42. The van der Waals surface area contributed by atoms with Crippen LogP contribution in [0.25, 0.3) is 0 Å². The second kappa shape index (κ2) is 3.90. The van der Waals surface area contributed by atoms with Crippen LogP contribution in [0.2, 0.25) is 0 Å². The van der Waals surface area contributed by atoms with Gasteiger partial charge in [-0.3, -0.25) is 0 Å². The van der Waals surface area contributed by atoms with Crippen LogP contribution in [0.15, 0.2) is 6.07 Å². The largest absolute Gasteiger partial charge is 0.372 e. The van der Waals surface area contributed by atoms with Crippen molar-refractivity contribution < 1.29 is 4.74 Å². The number of nitrogens with two attached hydrogens (primary N) is 1. The fraction of sp³-hybridized carbons (Fsp3) is 0.636. The van der Waals surface area contributed by atoms with Gasteiger partial charge in [-0.05, 0) is 20.8 Å². The van der Waals surface area contributed by atoms with E-state index >= 15 is 0 Å². The molecule has 5 heteroatoms. The van der Waals surface area contributed by atoms with Crippen LogP contribution in [-0.4, -0.2) is 35.3 Å². The fourth-order valence-corrected chi connectivity index (χ4v) is 1.95. The minimum absolute atomic E-state index is 0.133. The van der Waals surface area contributed by atoms with Crippen molar-refractivity contribution in [3.05, 3.63) is 11.8 Å². The lowest BCUT2D eigenvalue weighted by atomic mass is 10.1. The average Bonchev–Trinajstić information content (AvgIpc) is 2.14. The van der Waals surface area contributed by atoms with Crippen molar-refractivity contribution in [1.82, 2.24) is 9.97 Å². The van der Waals surface area contributed by atoms with Crippen LogP contribution in [0.3, 0.4) is 0 Å². The van der Waals surface area contributed by atoms with E-state index in [-0.39, 0.29) is 5.60 Å². The predicted octanol–water partition coefficient (Wildman–Crippen LogP) is 0.982. The van der Waals surface area contributed by atoms with Gasteiger partial charge in [-0.25, -0.2) is 4.98 Å².